The van der Waals surface area contributed by atoms with Crippen molar-refractivity contribution >= 4 is 28.9 Å². The lowest BCUT2D eigenvalue weighted by atomic mass is 10.2. The summed E-state index contributed by atoms with van der Waals surface area (Å²) in [6, 6.07) is 10.8. The maximum atomic E-state index is 6.04. The van der Waals surface area contributed by atoms with Crippen molar-refractivity contribution in [3.8, 4) is 11.5 Å². The number of anilines is 1. The highest BCUT2D eigenvalue weighted by atomic mass is 35.5. The molecule has 0 aliphatic rings. The summed E-state index contributed by atoms with van der Waals surface area (Å²) in [5.74, 6) is 1.07. The van der Waals surface area contributed by atoms with Crippen LogP contribution < -0.4 is 10.5 Å². The topological polar surface area (TPSA) is 35.2 Å². The van der Waals surface area contributed by atoms with Crippen LogP contribution in [0.4, 0.5) is 5.69 Å². The Kier molecular flexibility index (Phi) is 3.46. The Labute approximate surface area is 110 Å². The third kappa shape index (κ3) is 2.48. The molecule has 0 unspecified atom stereocenters. The lowest BCUT2D eigenvalue weighted by molar-refractivity contribution is 0.485. The minimum absolute atomic E-state index is 0.384. The summed E-state index contributed by atoms with van der Waals surface area (Å²) in [6.45, 7) is 1.92. The standard InChI is InChI=1S/C13H11Cl2NO/c1-8-4-2-7-11(13(8)16)17-10-6-3-5-9(14)12(10)15/h2-7H,16H2,1H3. The molecule has 0 bridgehead atoms. The minimum atomic E-state index is 0.384. The smallest absolute Gasteiger partial charge is 0.150 e. The van der Waals surface area contributed by atoms with Crippen LogP contribution in [0.5, 0.6) is 11.5 Å². The van der Waals surface area contributed by atoms with Gasteiger partial charge in [-0.05, 0) is 30.7 Å². The van der Waals surface area contributed by atoms with Gasteiger partial charge in [0.25, 0.3) is 0 Å². The number of hydrogen-bond acceptors (Lipinski definition) is 2. The quantitative estimate of drug-likeness (QED) is 0.803. The van der Waals surface area contributed by atoms with E-state index in [4.69, 9.17) is 33.7 Å². The predicted molar refractivity (Wildman–Crippen MR) is 72.1 cm³/mol. The van der Waals surface area contributed by atoms with Gasteiger partial charge >= 0.3 is 0 Å². The maximum absolute atomic E-state index is 6.04. The van der Waals surface area contributed by atoms with E-state index in [2.05, 4.69) is 0 Å². The van der Waals surface area contributed by atoms with Gasteiger partial charge in [-0.1, -0.05) is 41.4 Å². The Hall–Kier alpha value is -1.38. The van der Waals surface area contributed by atoms with Crippen LogP contribution in [0.3, 0.4) is 0 Å². The zero-order chi connectivity index (χ0) is 12.4. The monoisotopic (exact) mass is 267 g/mol. The maximum Gasteiger partial charge on any atom is 0.150 e. The first-order valence-corrected chi connectivity index (χ1v) is 5.82. The highest BCUT2D eigenvalue weighted by Crippen LogP contribution is 2.36. The molecule has 0 spiro atoms. The van der Waals surface area contributed by atoms with Crippen LogP contribution in [0.25, 0.3) is 0 Å². The summed E-state index contributed by atoms with van der Waals surface area (Å²) in [5.41, 5.74) is 7.48. The number of rotatable bonds is 2. The van der Waals surface area contributed by atoms with E-state index in [-0.39, 0.29) is 0 Å². The number of nitrogens with two attached hydrogens (primary N) is 1. The van der Waals surface area contributed by atoms with Crippen molar-refractivity contribution in [3.05, 3.63) is 52.0 Å². The second-order valence-electron chi connectivity index (χ2n) is 3.64. The molecular formula is C13H11Cl2NO. The van der Waals surface area contributed by atoms with Gasteiger partial charge < -0.3 is 10.5 Å². The first-order chi connectivity index (χ1) is 8.09. The molecule has 2 aromatic rings. The Bertz CT molecular complexity index is 506. The average Bonchev–Trinajstić information content (AvgIpc) is 2.31. The summed E-state index contributed by atoms with van der Waals surface area (Å²) < 4.78 is 5.66. The third-order valence-corrected chi connectivity index (χ3v) is 3.22. The largest absolute Gasteiger partial charge is 0.454 e. The highest BCUT2D eigenvalue weighted by Gasteiger charge is 2.09. The highest BCUT2D eigenvalue weighted by molar-refractivity contribution is 6.42. The van der Waals surface area contributed by atoms with Crippen LogP contribution in [0.15, 0.2) is 36.4 Å². The van der Waals surface area contributed by atoms with Gasteiger partial charge in [-0.25, -0.2) is 0 Å². The van der Waals surface area contributed by atoms with Crippen molar-refractivity contribution < 1.29 is 4.74 Å². The molecule has 0 atom stereocenters. The van der Waals surface area contributed by atoms with E-state index < -0.39 is 0 Å². The van der Waals surface area contributed by atoms with Crippen molar-refractivity contribution in [1.29, 1.82) is 0 Å². The second kappa shape index (κ2) is 4.86. The molecule has 0 heterocycles. The molecule has 4 heteroatoms. The SMILES string of the molecule is Cc1cccc(Oc2cccc(Cl)c2Cl)c1N. The Morgan fingerprint density at radius 1 is 1.00 bits per heavy atom. The number of hydrogen-bond donors (Lipinski definition) is 1. The minimum Gasteiger partial charge on any atom is -0.454 e. The zero-order valence-electron chi connectivity index (χ0n) is 9.21. The molecule has 2 nitrogen and oxygen atoms in total. The lowest BCUT2D eigenvalue weighted by Gasteiger charge is -2.11. The van der Waals surface area contributed by atoms with Gasteiger partial charge in [-0.2, -0.15) is 0 Å². The van der Waals surface area contributed by atoms with Gasteiger partial charge in [0.15, 0.2) is 5.75 Å². The zero-order valence-corrected chi connectivity index (χ0v) is 10.7. The van der Waals surface area contributed by atoms with Crippen molar-refractivity contribution in [3.63, 3.8) is 0 Å². The summed E-state index contributed by atoms with van der Waals surface area (Å²) in [7, 11) is 0. The third-order valence-electron chi connectivity index (χ3n) is 2.42. The number of halogens is 2. The fourth-order valence-corrected chi connectivity index (χ4v) is 1.75. The number of benzene rings is 2. The van der Waals surface area contributed by atoms with E-state index in [1.807, 2.05) is 19.1 Å². The van der Waals surface area contributed by atoms with E-state index in [0.29, 0.717) is 27.2 Å². The fourth-order valence-electron chi connectivity index (χ4n) is 1.42. The fraction of sp³-hybridized carbons (Fsp3) is 0.0769. The molecule has 17 heavy (non-hydrogen) atoms. The van der Waals surface area contributed by atoms with Crippen molar-refractivity contribution in [2.45, 2.75) is 6.92 Å². The molecule has 0 aliphatic heterocycles. The lowest BCUT2D eigenvalue weighted by Crippen LogP contribution is -1.95. The predicted octanol–water partition coefficient (Wildman–Crippen LogP) is 4.68. The van der Waals surface area contributed by atoms with Crippen molar-refractivity contribution in [2.75, 3.05) is 5.73 Å². The van der Waals surface area contributed by atoms with E-state index in [9.17, 15) is 0 Å². The molecule has 88 valence electrons. The number of nitrogen functional groups attached to an aromatic ring is 1. The number of aryl methyl sites for hydroxylation is 1. The molecule has 2 N–H and O–H groups in total. The Morgan fingerprint density at radius 3 is 2.41 bits per heavy atom. The van der Waals surface area contributed by atoms with E-state index >= 15 is 0 Å². The van der Waals surface area contributed by atoms with Crippen LogP contribution >= 0.6 is 23.2 Å². The molecule has 0 fully saturated rings. The summed E-state index contributed by atoms with van der Waals surface area (Å²) in [5, 5.41) is 0.838. The van der Waals surface area contributed by atoms with Gasteiger partial charge in [-0.15, -0.1) is 0 Å². The van der Waals surface area contributed by atoms with Crippen molar-refractivity contribution in [2.24, 2.45) is 0 Å². The van der Waals surface area contributed by atoms with E-state index in [0.717, 1.165) is 5.56 Å². The molecule has 0 amide bonds. The number of ether oxygens (including phenoxy) is 1. The molecule has 0 saturated carbocycles. The van der Waals surface area contributed by atoms with Crippen LogP contribution in [-0.4, -0.2) is 0 Å². The van der Waals surface area contributed by atoms with Gasteiger partial charge in [0.1, 0.15) is 10.8 Å². The molecule has 0 aliphatic carbocycles. The normalized spacial score (nSPS) is 10.3. The van der Waals surface area contributed by atoms with Gasteiger partial charge in [0.05, 0.1) is 10.7 Å². The molecule has 0 aromatic heterocycles. The first kappa shape index (κ1) is 12.1. The Balaban J connectivity index is 2.38. The second-order valence-corrected chi connectivity index (χ2v) is 4.43. The molecule has 0 radical (unpaired) electrons. The molecule has 2 aromatic carbocycles. The number of para-hydroxylation sites is 1. The van der Waals surface area contributed by atoms with Crippen LogP contribution in [0.2, 0.25) is 10.0 Å². The van der Waals surface area contributed by atoms with Gasteiger partial charge in [-0.3, -0.25) is 0 Å². The summed E-state index contributed by atoms with van der Waals surface area (Å²) in [6.07, 6.45) is 0. The molecule has 2 rings (SSSR count). The first-order valence-electron chi connectivity index (χ1n) is 5.06. The van der Waals surface area contributed by atoms with Gasteiger partial charge in [0, 0.05) is 0 Å². The average molecular weight is 268 g/mol. The van der Waals surface area contributed by atoms with Crippen LogP contribution in [0.1, 0.15) is 5.56 Å². The molecular weight excluding hydrogens is 257 g/mol. The summed E-state index contributed by atoms with van der Waals surface area (Å²) in [4.78, 5) is 0. The van der Waals surface area contributed by atoms with E-state index in [1.54, 1.807) is 24.3 Å². The summed E-state index contributed by atoms with van der Waals surface area (Å²) >= 11 is 11.9. The molecule has 0 saturated heterocycles. The van der Waals surface area contributed by atoms with Crippen LogP contribution in [0, 0.1) is 6.92 Å². The van der Waals surface area contributed by atoms with Crippen LogP contribution in [-0.2, 0) is 0 Å². The van der Waals surface area contributed by atoms with E-state index in [1.165, 1.54) is 0 Å². The Morgan fingerprint density at radius 2 is 1.65 bits per heavy atom. The van der Waals surface area contributed by atoms with Crippen molar-refractivity contribution in [1.82, 2.24) is 0 Å². The van der Waals surface area contributed by atoms with Gasteiger partial charge in [0.2, 0.25) is 0 Å².